The zero-order valence-electron chi connectivity index (χ0n) is 9.46. The minimum atomic E-state index is -0.363. The maximum atomic E-state index is 11.8. The van der Waals surface area contributed by atoms with Crippen LogP contribution in [0.15, 0.2) is 54.7 Å². The van der Waals surface area contributed by atoms with Crippen LogP contribution in [0.1, 0.15) is 10.4 Å². The molecule has 1 aromatic heterocycles. The number of fused-ring (bicyclic) bond motifs is 1. The van der Waals surface area contributed by atoms with Crippen LogP contribution < -0.4 is 4.74 Å². The summed E-state index contributed by atoms with van der Waals surface area (Å²) in [6, 6.07) is 14.2. The number of carbonyl (C=O) groups excluding carboxylic acids is 1. The molecule has 0 saturated heterocycles. The van der Waals surface area contributed by atoms with E-state index in [1.165, 1.54) is 0 Å². The van der Waals surface area contributed by atoms with Gasteiger partial charge in [0.15, 0.2) is 0 Å². The lowest BCUT2D eigenvalue weighted by Crippen LogP contribution is -2.07. The van der Waals surface area contributed by atoms with Gasteiger partial charge in [-0.1, -0.05) is 18.2 Å². The number of rotatable bonds is 2. The molecule has 1 N–H and O–H groups in total. The summed E-state index contributed by atoms with van der Waals surface area (Å²) < 4.78 is 5.30. The predicted octanol–water partition coefficient (Wildman–Crippen LogP) is 2.78. The second-order valence-electron chi connectivity index (χ2n) is 3.87. The summed E-state index contributed by atoms with van der Waals surface area (Å²) in [4.78, 5) is 11.8. The van der Waals surface area contributed by atoms with Crippen molar-refractivity contribution in [3.05, 3.63) is 60.3 Å². The first-order valence-corrected chi connectivity index (χ1v) is 5.53. The minimum absolute atomic E-state index is 0.363. The Morgan fingerprint density at radius 3 is 2.78 bits per heavy atom. The van der Waals surface area contributed by atoms with Gasteiger partial charge in [0.2, 0.25) is 0 Å². The van der Waals surface area contributed by atoms with Crippen LogP contribution in [0.25, 0.3) is 10.9 Å². The molecule has 0 radical (unpaired) electrons. The fourth-order valence-electron chi connectivity index (χ4n) is 1.72. The average molecular weight is 238 g/mol. The summed E-state index contributed by atoms with van der Waals surface area (Å²) in [5.41, 5.74) is 1.44. The molecule has 0 saturated carbocycles. The van der Waals surface area contributed by atoms with Crippen molar-refractivity contribution < 1.29 is 9.53 Å². The number of carbonyl (C=O) groups is 1. The van der Waals surface area contributed by atoms with E-state index in [-0.39, 0.29) is 5.97 Å². The Labute approximate surface area is 103 Å². The average Bonchev–Trinajstić information content (AvgIpc) is 2.87. The second kappa shape index (κ2) is 4.33. The summed E-state index contributed by atoms with van der Waals surface area (Å²) in [6.45, 7) is 0. The fourth-order valence-corrected chi connectivity index (χ4v) is 1.72. The van der Waals surface area contributed by atoms with Crippen molar-refractivity contribution in [1.82, 2.24) is 10.2 Å². The number of aromatic nitrogens is 2. The highest BCUT2D eigenvalue weighted by Gasteiger charge is 2.08. The predicted molar refractivity (Wildman–Crippen MR) is 67.5 cm³/mol. The molecule has 0 aliphatic heterocycles. The van der Waals surface area contributed by atoms with Crippen molar-refractivity contribution in [3.63, 3.8) is 0 Å². The van der Waals surface area contributed by atoms with Gasteiger partial charge in [-0.25, -0.2) is 4.79 Å². The highest BCUT2D eigenvalue weighted by molar-refractivity contribution is 5.91. The standard InChI is InChI=1S/C14H10N2O2/c17-14(10-4-2-1-3-5-10)18-12-6-7-13-11(8-12)9-15-16-13/h1-9H,(H,15,16). The van der Waals surface area contributed by atoms with E-state index in [9.17, 15) is 4.79 Å². The number of ether oxygens (including phenoxy) is 1. The van der Waals surface area contributed by atoms with Gasteiger partial charge in [-0.05, 0) is 30.3 Å². The van der Waals surface area contributed by atoms with Crippen LogP contribution in [0.3, 0.4) is 0 Å². The van der Waals surface area contributed by atoms with Crippen molar-refractivity contribution in [3.8, 4) is 5.75 Å². The van der Waals surface area contributed by atoms with E-state index in [0.29, 0.717) is 11.3 Å². The molecule has 0 amide bonds. The molecule has 0 fully saturated rings. The lowest BCUT2D eigenvalue weighted by molar-refractivity contribution is 0.0735. The highest BCUT2D eigenvalue weighted by atomic mass is 16.5. The lowest BCUT2D eigenvalue weighted by Gasteiger charge is -2.03. The molecule has 0 atom stereocenters. The smallest absolute Gasteiger partial charge is 0.343 e. The molecular weight excluding hydrogens is 228 g/mol. The molecule has 18 heavy (non-hydrogen) atoms. The van der Waals surface area contributed by atoms with Gasteiger partial charge in [-0.3, -0.25) is 5.10 Å². The van der Waals surface area contributed by atoms with Crippen molar-refractivity contribution in [2.75, 3.05) is 0 Å². The van der Waals surface area contributed by atoms with Crippen LogP contribution in [0.5, 0.6) is 5.75 Å². The molecule has 4 heteroatoms. The highest BCUT2D eigenvalue weighted by Crippen LogP contribution is 2.19. The Bertz CT molecular complexity index is 689. The van der Waals surface area contributed by atoms with E-state index >= 15 is 0 Å². The second-order valence-corrected chi connectivity index (χ2v) is 3.87. The van der Waals surface area contributed by atoms with E-state index in [4.69, 9.17) is 4.74 Å². The zero-order valence-corrected chi connectivity index (χ0v) is 9.46. The number of hydrogen-bond acceptors (Lipinski definition) is 3. The van der Waals surface area contributed by atoms with Crippen LogP contribution in [0.2, 0.25) is 0 Å². The summed E-state index contributed by atoms with van der Waals surface area (Å²) in [7, 11) is 0. The third kappa shape index (κ3) is 1.96. The maximum Gasteiger partial charge on any atom is 0.343 e. The zero-order chi connectivity index (χ0) is 12.4. The number of nitrogens with zero attached hydrogens (tertiary/aromatic N) is 1. The van der Waals surface area contributed by atoms with E-state index in [2.05, 4.69) is 10.2 Å². The number of esters is 1. The Morgan fingerprint density at radius 2 is 1.94 bits per heavy atom. The first kappa shape index (κ1) is 10.5. The molecule has 3 rings (SSSR count). The first-order chi connectivity index (χ1) is 8.83. The molecule has 1 heterocycles. The quantitative estimate of drug-likeness (QED) is 0.551. The Kier molecular flexibility index (Phi) is 2.53. The van der Waals surface area contributed by atoms with Crippen molar-refractivity contribution in [2.24, 2.45) is 0 Å². The molecule has 88 valence electrons. The fraction of sp³-hybridized carbons (Fsp3) is 0. The maximum absolute atomic E-state index is 11.8. The van der Waals surface area contributed by atoms with Gasteiger partial charge in [0.25, 0.3) is 0 Å². The van der Waals surface area contributed by atoms with Gasteiger partial charge >= 0.3 is 5.97 Å². The van der Waals surface area contributed by atoms with Gasteiger partial charge in [0.05, 0.1) is 17.3 Å². The monoisotopic (exact) mass is 238 g/mol. The number of benzene rings is 2. The van der Waals surface area contributed by atoms with Crippen molar-refractivity contribution >= 4 is 16.9 Å². The third-order valence-electron chi connectivity index (χ3n) is 2.63. The Morgan fingerprint density at radius 1 is 1.11 bits per heavy atom. The third-order valence-corrected chi connectivity index (χ3v) is 2.63. The van der Waals surface area contributed by atoms with Crippen molar-refractivity contribution in [2.45, 2.75) is 0 Å². The number of hydrogen-bond donors (Lipinski definition) is 1. The van der Waals surface area contributed by atoms with Crippen LogP contribution in [-0.4, -0.2) is 16.2 Å². The lowest BCUT2D eigenvalue weighted by atomic mass is 10.2. The number of H-pyrrole nitrogens is 1. The SMILES string of the molecule is O=C(Oc1ccc2[nH]ncc2c1)c1ccccc1. The van der Waals surface area contributed by atoms with Gasteiger partial charge in [-0.15, -0.1) is 0 Å². The molecule has 0 aliphatic carbocycles. The van der Waals surface area contributed by atoms with Crippen LogP contribution in [0.4, 0.5) is 0 Å². The summed E-state index contributed by atoms with van der Waals surface area (Å²) in [5.74, 6) is 0.149. The van der Waals surface area contributed by atoms with Gasteiger partial charge in [-0.2, -0.15) is 5.10 Å². The number of nitrogens with one attached hydrogen (secondary N) is 1. The van der Waals surface area contributed by atoms with Crippen LogP contribution >= 0.6 is 0 Å². The molecule has 4 nitrogen and oxygen atoms in total. The largest absolute Gasteiger partial charge is 0.423 e. The van der Waals surface area contributed by atoms with E-state index in [0.717, 1.165) is 10.9 Å². The molecule has 0 unspecified atom stereocenters. The molecule has 0 bridgehead atoms. The molecular formula is C14H10N2O2. The first-order valence-electron chi connectivity index (χ1n) is 5.53. The minimum Gasteiger partial charge on any atom is -0.423 e. The van der Waals surface area contributed by atoms with Gasteiger partial charge < -0.3 is 4.74 Å². The van der Waals surface area contributed by atoms with Crippen LogP contribution in [-0.2, 0) is 0 Å². The van der Waals surface area contributed by atoms with E-state index < -0.39 is 0 Å². The Hall–Kier alpha value is -2.62. The summed E-state index contributed by atoms with van der Waals surface area (Å²) >= 11 is 0. The normalized spacial score (nSPS) is 10.4. The van der Waals surface area contributed by atoms with E-state index in [1.807, 2.05) is 12.1 Å². The van der Waals surface area contributed by atoms with Gasteiger partial charge in [0, 0.05) is 5.39 Å². The summed E-state index contributed by atoms with van der Waals surface area (Å²) in [5, 5.41) is 7.67. The topological polar surface area (TPSA) is 55.0 Å². The summed E-state index contributed by atoms with van der Waals surface area (Å²) in [6.07, 6.45) is 1.69. The molecule has 3 aromatic rings. The molecule has 2 aromatic carbocycles. The van der Waals surface area contributed by atoms with E-state index in [1.54, 1.807) is 42.6 Å². The Balaban J connectivity index is 1.86. The van der Waals surface area contributed by atoms with Gasteiger partial charge in [0.1, 0.15) is 5.75 Å². The molecule has 0 spiro atoms. The van der Waals surface area contributed by atoms with Crippen molar-refractivity contribution in [1.29, 1.82) is 0 Å². The molecule has 0 aliphatic rings. The number of aromatic amines is 1. The van der Waals surface area contributed by atoms with Crippen LogP contribution in [0, 0.1) is 0 Å².